The van der Waals surface area contributed by atoms with E-state index in [1.165, 1.54) is 4.90 Å². The number of aromatic nitrogens is 2. The van der Waals surface area contributed by atoms with Gasteiger partial charge >= 0.3 is 29.9 Å². The van der Waals surface area contributed by atoms with E-state index in [1.54, 1.807) is 23.4 Å². The van der Waals surface area contributed by atoms with Crippen molar-refractivity contribution < 1.29 is 37.1 Å². The molecule has 4 atom stereocenters. The number of primary amides is 1. The van der Waals surface area contributed by atoms with Gasteiger partial charge in [0, 0.05) is 36.3 Å². The number of pyridine rings is 2. The fourth-order valence-corrected chi connectivity index (χ4v) is 6.52. The number of esters is 1. The molecule has 2 N–H and O–H groups in total. The summed E-state index contributed by atoms with van der Waals surface area (Å²) in [6, 6.07) is 18.6. The highest BCUT2D eigenvalue weighted by Gasteiger charge is 2.38. The number of fused-ring (bicyclic) bond motifs is 2. The Morgan fingerprint density at radius 1 is 0.755 bits per heavy atom. The quantitative estimate of drug-likeness (QED) is 0.218. The van der Waals surface area contributed by atoms with E-state index >= 15 is 0 Å². The van der Waals surface area contributed by atoms with Gasteiger partial charge in [-0.2, -0.15) is 13.2 Å². The molecule has 0 saturated carbocycles. The molecule has 258 valence electrons. The Labute approximate surface area is 281 Å². The third-order valence-electron chi connectivity index (χ3n) is 8.93. The van der Waals surface area contributed by atoms with Crippen molar-refractivity contribution in [2.75, 3.05) is 19.7 Å². The minimum absolute atomic E-state index is 0.0965. The fraction of sp³-hybridized carbons (Fsp3) is 0.389. The van der Waals surface area contributed by atoms with Gasteiger partial charge in [0.1, 0.15) is 0 Å². The van der Waals surface area contributed by atoms with Gasteiger partial charge < -0.3 is 20.3 Å². The Bertz CT molecular complexity index is 1850. The molecular formula is C36H38F3N5O5. The second kappa shape index (κ2) is 15.0. The van der Waals surface area contributed by atoms with Crippen LogP contribution in [-0.4, -0.2) is 69.3 Å². The highest BCUT2D eigenvalue weighted by Crippen LogP contribution is 2.36. The van der Waals surface area contributed by atoms with E-state index in [9.17, 15) is 32.3 Å². The average molecular weight is 678 g/mol. The number of alkyl halides is 3. The molecule has 13 heteroatoms. The van der Waals surface area contributed by atoms with Crippen molar-refractivity contribution in [1.82, 2.24) is 19.8 Å². The van der Waals surface area contributed by atoms with Gasteiger partial charge in [-0.3, -0.25) is 24.4 Å². The lowest BCUT2D eigenvalue weighted by Gasteiger charge is -2.38. The number of piperidine rings is 2. The third kappa shape index (κ3) is 8.70. The zero-order chi connectivity index (χ0) is 35.3. The molecule has 0 aliphatic carbocycles. The molecule has 4 heterocycles. The number of carbonyl (C=O) groups excluding carboxylic acids is 4. The van der Waals surface area contributed by atoms with Crippen LogP contribution < -0.4 is 5.73 Å². The first-order chi connectivity index (χ1) is 23.3. The molecule has 0 bridgehead atoms. The summed E-state index contributed by atoms with van der Waals surface area (Å²) in [5.74, 6) is -3.48. The van der Waals surface area contributed by atoms with E-state index in [-0.39, 0.29) is 18.5 Å². The lowest BCUT2D eigenvalue weighted by molar-refractivity contribution is -0.190. The van der Waals surface area contributed by atoms with Gasteiger partial charge in [0.2, 0.25) is 0 Å². The van der Waals surface area contributed by atoms with Gasteiger partial charge in [-0.25, -0.2) is 4.79 Å². The predicted molar refractivity (Wildman–Crippen MR) is 175 cm³/mol. The molecule has 0 radical (unpaired) electrons. The van der Waals surface area contributed by atoms with Crippen molar-refractivity contribution in [3.8, 4) is 0 Å². The highest BCUT2D eigenvalue weighted by atomic mass is 19.4. The van der Waals surface area contributed by atoms with Crippen LogP contribution in [0.15, 0.2) is 73.1 Å². The van der Waals surface area contributed by atoms with E-state index in [1.807, 2.05) is 61.5 Å². The number of rotatable bonds is 3. The molecule has 4 aromatic rings. The second-order valence-electron chi connectivity index (χ2n) is 12.8. The molecule has 2 fully saturated rings. The van der Waals surface area contributed by atoms with Crippen molar-refractivity contribution in [2.45, 2.75) is 57.8 Å². The van der Waals surface area contributed by atoms with Crippen LogP contribution in [0.4, 0.5) is 13.2 Å². The molecule has 10 nitrogen and oxygen atoms in total. The van der Waals surface area contributed by atoms with Gasteiger partial charge in [0.25, 0.3) is 0 Å². The number of amides is 3. The Balaban J connectivity index is 0.000000195. The molecule has 6 rings (SSSR count). The summed E-state index contributed by atoms with van der Waals surface area (Å²) in [5.41, 5.74) is 8.77. The summed E-state index contributed by atoms with van der Waals surface area (Å²) in [5, 5.41) is 1.92. The molecule has 3 amide bonds. The molecular weight excluding hydrogens is 639 g/mol. The highest BCUT2D eigenvalue weighted by molar-refractivity contribution is 6.34. The number of likely N-dealkylation sites (tertiary alicyclic amines) is 2. The number of carbonyl (C=O) groups is 4. The van der Waals surface area contributed by atoms with Gasteiger partial charge in [0.15, 0.2) is 6.61 Å². The number of nitrogens with two attached hydrogens (primary N) is 1. The van der Waals surface area contributed by atoms with Crippen molar-refractivity contribution in [3.63, 3.8) is 0 Å². The first-order valence-corrected chi connectivity index (χ1v) is 16.1. The van der Waals surface area contributed by atoms with Crippen LogP contribution in [0, 0.1) is 11.8 Å². The van der Waals surface area contributed by atoms with Gasteiger partial charge in [-0.1, -0.05) is 38.1 Å². The van der Waals surface area contributed by atoms with Crippen LogP contribution in [0.25, 0.3) is 21.8 Å². The zero-order valence-electron chi connectivity index (χ0n) is 27.2. The van der Waals surface area contributed by atoms with Crippen LogP contribution in [0.3, 0.4) is 0 Å². The molecule has 2 aliphatic heterocycles. The van der Waals surface area contributed by atoms with E-state index in [0.29, 0.717) is 18.9 Å². The van der Waals surface area contributed by atoms with Crippen molar-refractivity contribution in [1.29, 1.82) is 0 Å². The smallest absolute Gasteiger partial charge is 0.422 e. The lowest BCUT2D eigenvalue weighted by Crippen LogP contribution is -2.46. The third-order valence-corrected chi connectivity index (χ3v) is 8.93. The molecule has 2 aromatic carbocycles. The summed E-state index contributed by atoms with van der Waals surface area (Å²) in [4.78, 5) is 59.3. The minimum atomic E-state index is -4.67. The monoisotopic (exact) mass is 677 g/mol. The molecule has 49 heavy (non-hydrogen) atoms. The number of benzene rings is 2. The maximum atomic E-state index is 12.5. The van der Waals surface area contributed by atoms with Crippen molar-refractivity contribution >= 4 is 45.5 Å². The van der Waals surface area contributed by atoms with Gasteiger partial charge in [0.05, 0.1) is 23.1 Å². The molecule has 2 aliphatic rings. The van der Waals surface area contributed by atoms with Gasteiger partial charge in [-0.05, 0) is 85.0 Å². The van der Waals surface area contributed by atoms with E-state index in [0.717, 1.165) is 52.2 Å². The Morgan fingerprint density at radius 3 is 1.67 bits per heavy atom. The first-order valence-electron chi connectivity index (χ1n) is 16.1. The van der Waals surface area contributed by atoms with Crippen LogP contribution in [0.2, 0.25) is 0 Å². The number of hydrogen-bond donors (Lipinski definition) is 1. The maximum absolute atomic E-state index is 12.5. The second-order valence-corrected chi connectivity index (χ2v) is 12.8. The Morgan fingerprint density at radius 2 is 1.22 bits per heavy atom. The van der Waals surface area contributed by atoms with Gasteiger partial charge in [-0.15, -0.1) is 0 Å². The number of hydrogen-bond acceptors (Lipinski definition) is 7. The van der Waals surface area contributed by atoms with Crippen molar-refractivity contribution in [2.24, 2.45) is 17.6 Å². The van der Waals surface area contributed by atoms with E-state index in [2.05, 4.69) is 21.6 Å². The summed E-state index contributed by atoms with van der Waals surface area (Å²) in [6.07, 6.45) is 2.09. The van der Waals surface area contributed by atoms with Crippen LogP contribution in [0.5, 0.6) is 0 Å². The summed E-state index contributed by atoms with van der Waals surface area (Å²) in [6.45, 7) is 3.10. The van der Waals surface area contributed by atoms with E-state index in [4.69, 9.17) is 5.73 Å². The molecule has 2 saturated heterocycles. The van der Waals surface area contributed by atoms with E-state index < -0.39 is 42.5 Å². The summed E-state index contributed by atoms with van der Waals surface area (Å²) < 4.78 is 40.9. The SMILES string of the molecule is C[C@H]1CC[C@H](c2ccc3ncccc3c2)N(C(=O)C(=O)OCC(F)(F)F)C1.C[C@H]1CC[C@H](c2ccc3ncccc3c2)N(C(=O)C(N)=O)C1. The number of nitrogens with zero attached hydrogens (tertiary/aromatic N) is 4. The first kappa shape index (κ1) is 35.2. The fourth-order valence-electron chi connectivity index (χ4n) is 6.52. The Kier molecular flexibility index (Phi) is 10.8. The normalized spacial score (nSPS) is 21.1. The number of halogens is 3. The van der Waals surface area contributed by atoms with Crippen LogP contribution >= 0.6 is 0 Å². The average Bonchev–Trinajstić information content (AvgIpc) is 3.09. The Hall–Kier alpha value is -5.07. The minimum Gasteiger partial charge on any atom is -0.449 e. The predicted octanol–water partition coefficient (Wildman–Crippen LogP) is 5.66. The molecule has 2 aromatic heterocycles. The number of ether oxygens (including phenoxy) is 1. The summed E-state index contributed by atoms with van der Waals surface area (Å²) in [7, 11) is 0. The molecule has 0 unspecified atom stereocenters. The van der Waals surface area contributed by atoms with Crippen molar-refractivity contribution in [3.05, 3.63) is 84.2 Å². The van der Waals surface area contributed by atoms with Crippen LogP contribution in [0.1, 0.15) is 62.7 Å². The lowest BCUT2D eigenvalue weighted by atomic mass is 9.89. The largest absolute Gasteiger partial charge is 0.449 e. The van der Waals surface area contributed by atoms with Crippen LogP contribution in [-0.2, 0) is 23.9 Å². The topological polar surface area (TPSA) is 136 Å². The maximum Gasteiger partial charge on any atom is 0.422 e. The summed E-state index contributed by atoms with van der Waals surface area (Å²) >= 11 is 0. The standard InChI is InChI=1S/C19H19F3N2O3.C17H19N3O2/c1-12-4-7-16(14-5-6-15-13(9-14)3-2-8-23-15)24(10-12)17(25)18(26)27-11-19(20,21)22;1-11-4-7-15(20(10-11)17(22)16(18)21)13-5-6-14-12(9-13)3-2-8-19-14/h2-3,5-6,8-9,12,16H,4,7,10-11H2,1H3;2-3,5-6,8-9,11,15H,4,7,10H2,1H3,(H2,18,21)/t12-,16+;11-,15+/m00/s1. The molecule has 0 spiro atoms. The zero-order valence-corrected chi connectivity index (χ0v) is 27.2.